The SMILES string of the molecule is C[C@H](c1ccccc1)N1CC2=C(C1=O)[C@@H](c1ccccc1)NC(=O)N2C. The molecule has 0 spiro atoms. The molecule has 132 valence electrons. The smallest absolute Gasteiger partial charge is 0.322 e. The summed E-state index contributed by atoms with van der Waals surface area (Å²) in [6.07, 6.45) is 0. The summed E-state index contributed by atoms with van der Waals surface area (Å²) >= 11 is 0. The predicted molar refractivity (Wildman–Crippen MR) is 99.1 cm³/mol. The zero-order valence-corrected chi connectivity index (χ0v) is 14.8. The van der Waals surface area contributed by atoms with Crippen LogP contribution in [0.5, 0.6) is 0 Å². The van der Waals surface area contributed by atoms with Crippen molar-refractivity contribution in [3.05, 3.63) is 83.1 Å². The molecule has 2 aliphatic rings. The van der Waals surface area contributed by atoms with Crippen LogP contribution in [0.3, 0.4) is 0 Å². The van der Waals surface area contributed by atoms with Crippen molar-refractivity contribution in [2.75, 3.05) is 13.6 Å². The molecule has 5 nitrogen and oxygen atoms in total. The number of nitrogens with one attached hydrogen (secondary N) is 1. The highest BCUT2D eigenvalue weighted by molar-refractivity contribution is 6.01. The lowest BCUT2D eigenvalue weighted by Crippen LogP contribution is -2.45. The summed E-state index contributed by atoms with van der Waals surface area (Å²) in [6.45, 7) is 2.47. The summed E-state index contributed by atoms with van der Waals surface area (Å²) in [5, 5.41) is 2.97. The maximum absolute atomic E-state index is 13.3. The number of hydrogen-bond donors (Lipinski definition) is 1. The van der Waals surface area contributed by atoms with Crippen molar-refractivity contribution in [3.8, 4) is 0 Å². The normalized spacial score (nSPS) is 20.9. The van der Waals surface area contributed by atoms with Crippen LogP contribution in [0.15, 0.2) is 71.9 Å². The predicted octanol–water partition coefficient (Wildman–Crippen LogP) is 3.24. The van der Waals surface area contributed by atoms with Gasteiger partial charge in [-0.15, -0.1) is 0 Å². The molecule has 0 saturated heterocycles. The number of carbonyl (C=O) groups excluding carboxylic acids is 2. The van der Waals surface area contributed by atoms with Crippen molar-refractivity contribution >= 4 is 11.9 Å². The van der Waals surface area contributed by atoms with Gasteiger partial charge in [0.05, 0.1) is 29.9 Å². The highest BCUT2D eigenvalue weighted by Crippen LogP contribution is 2.38. The molecule has 0 saturated carbocycles. The molecule has 4 rings (SSSR count). The van der Waals surface area contributed by atoms with E-state index in [1.165, 1.54) is 0 Å². The van der Waals surface area contributed by atoms with Gasteiger partial charge in [-0.05, 0) is 18.1 Å². The standard InChI is InChI=1S/C21H21N3O2/c1-14(15-9-5-3-6-10-15)24-13-17-18(20(24)25)19(22-21(26)23(17)2)16-11-7-4-8-12-16/h3-12,14,19H,13H2,1-2H3,(H,22,26)/t14-,19-/m1/s1. The molecule has 0 fully saturated rings. The van der Waals surface area contributed by atoms with Gasteiger partial charge in [0, 0.05) is 7.05 Å². The summed E-state index contributed by atoms with van der Waals surface area (Å²) in [7, 11) is 1.72. The van der Waals surface area contributed by atoms with Crippen LogP contribution in [0.4, 0.5) is 4.79 Å². The molecule has 5 heteroatoms. The van der Waals surface area contributed by atoms with E-state index < -0.39 is 6.04 Å². The molecule has 3 amide bonds. The number of amides is 3. The highest BCUT2D eigenvalue weighted by Gasteiger charge is 2.44. The Hall–Kier alpha value is -3.08. The van der Waals surface area contributed by atoms with Crippen molar-refractivity contribution in [3.63, 3.8) is 0 Å². The van der Waals surface area contributed by atoms with Gasteiger partial charge >= 0.3 is 6.03 Å². The van der Waals surface area contributed by atoms with E-state index in [1.807, 2.05) is 72.5 Å². The number of likely N-dealkylation sites (N-methyl/N-ethyl adjacent to an activating group) is 1. The lowest BCUT2D eigenvalue weighted by Gasteiger charge is -2.31. The zero-order chi connectivity index (χ0) is 18.3. The fourth-order valence-corrected chi connectivity index (χ4v) is 3.71. The number of carbonyl (C=O) groups is 2. The van der Waals surface area contributed by atoms with Gasteiger partial charge in [-0.3, -0.25) is 9.69 Å². The molecule has 2 aliphatic heterocycles. The number of rotatable bonds is 3. The molecule has 2 heterocycles. The third kappa shape index (κ3) is 2.56. The van der Waals surface area contributed by atoms with Gasteiger partial charge in [0.2, 0.25) is 0 Å². The molecule has 0 aliphatic carbocycles. The van der Waals surface area contributed by atoms with Gasteiger partial charge in [0.1, 0.15) is 0 Å². The third-order valence-corrected chi connectivity index (χ3v) is 5.27. The first-order valence-electron chi connectivity index (χ1n) is 8.76. The minimum Gasteiger partial charge on any atom is -0.327 e. The fourth-order valence-electron chi connectivity index (χ4n) is 3.71. The highest BCUT2D eigenvalue weighted by atomic mass is 16.2. The Kier molecular flexibility index (Phi) is 3.99. The van der Waals surface area contributed by atoms with Gasteiger partial charge in [0.25, 0.3) is 5.91 Å². The Morgan fingerprint density at radius 3 is 2.27 bits per heavy atom. The number of benzene rings is 2. The third-order valence-electron chi connectivity index (χ3n) is 5.27. The van der Waals surface area contributed by atoms with Crippen LogP contribution >= 0.6 is 0 Å². The minimum atomic E-state index is -0.407. The van der Waals surface area contributed by atoms with E-state index in [2.05, 4.69) is 5.32 Å². The van der Waals surface area contributed by atoms with Crippen LogP contribution in [-0.2, 0) is 4.79 Å². The molecule has 26 heavy (non-hydrogen) atoms. The molecule has 2 aromatic rings. The van der Waals surface area contributed by atoms with Gasteiger partial charge in [-0.25, -0.2) is 4.79 Å². The van der Waals surface area contributed by atoms with Crippen LogP contribution in [0.25, 0.3) is 0 Å². The van der Waals surface area contributed by atoms with Gasteiger partial charge in [-0.2, -0.15) is 0 Å². The lowest BCUT2D eigenvalue weighted by atomic mass is 9.96. The molecule has 2 atom stereocenters. The van der Waals surface area contributed by atoms with Crippen LogP contribution < -0.4 is 5.32 Å². The Morgan fingerprint density at radius 1 is 1.00 bits per heavy atom. The maximum atomic E-state index is 13.3. The second-order valence-electron chi connectivity index (χ2n) is 6.73. The van der Waals surface area contributed by atoms with E-state index >= 15 is 0 Å². The van der Waals surface area contributed by atoms with Gasteiger partial charge < -0.3 is 10.2 Å². The summed E-state index contributed by atoms with van der Waals surface area (Å²) in [5.41, 5.74) is 3.46. The van der Waals surface area contributed by atoms with E-state index in [0.29, 0.717) is 12.1 Å². The summed E-state index contributed by atoms with van der Waals surface area (Å²) < 4.78 is 0. The number of urea groups is 1. The van der Waals surface area contributed by atoms with E-state index in [9.17, 15) is 9.59 Å². The van der Waals surface area contributed by atoms with Crippen molar-refractivity contribution in [2.45, 2.75) is 19.0 Å². The quantitative estimate of drug-likeness (QED) is 0.927. The largest absolute Gasteiger partial charge is 0.327 e. The van der Waals surface area contributed by atoms with Gasteiger partial charge in [-0.1, -0.05) is 60.7 Å². The number of hydrogen-bond acceptors (Lipinski definition) is 2. The van der Waals surface area contributed by atoms with E-state index in [-0.39, 0.29) is 18.0 Å². The second-order valence-corrected chi connectivity index (χ2v) is 6.73. The topological polar surface area (TPSA) is 52.7 Å². The van der Waals surface area contributed by atoms with E-state index in [4.69, 9.17) is 0 Å². The van der Waals surface area contributed by atoms with E-state index in [1.54, 1.807) is 11.9 Å². The maximum Gasteiger partial charge on any atom is 0.322 e. The molecule has 1 N–H and O–H groups in total. The van der Waals surface area contributed by atoms with Crippen LogP contribution in [0.1, 0.15) is 30.1 Å². The summed E-state index contributed by atoms with van der Waals surface area (Å²) in [5.74, 6) is -0.0166. The average molecular weight is 347 g/mol. The fraction of sp³-hybridized carbons (Fsp3) is 0.238. The van der Waals surface area contributed by atoms with E-state index in [0.717, 1.165) is 16.8 Å². The Balaban J connectivity index is 1.71. The first-order chi connectivity index (χ1) is 12.6. The van der Waals surface area contributed by atoms with Crippen molar-refractivity contribution in [1.29, 1.82) is 0 Å². The molecule has 0 unspecified atom stereocenters. The molecule has 0 bridgehead atoms. The van der Waals surface area contributed by atoms with Crippen LogP contribution in [0, 0.1) is 0 Å². The second kappa shape index (κ2) is 6.33. The first-order valence-corrected chi connectivity index (χ1v) is 8.76. The van der Waals surface area contributed by atoms with Crippen molar-refractivity contribution < 1.29 is 9.59 Å². The Bertz CT molecular complexity index is 877. The van der Waals surface area contributed by atoms with Crippen molar-refractivity contribution in [2.24, 2.45) is 0 Å². The molecular formula is C21H21N3O2. The van der Waals surface area contributed by atoms with Crippen molar-refractivity contribution in [1.82, 2.24) is 15.1 Å². The Labute approximate surface area is 152 Å². The molecule has 0 radical (unpaired) electrons. The number of nitrogens with zero attached hydrogens (tertiary/aromatic N) is 2. The van der Waals surface area contributed by atoms with Crippen LogP contribution in [-0.4, -0.2) is 35.3 Å². The average Bonchev–Trinajstić information content (AvgIpc) is 3.03. The summed E-state index contributed by atoms with van der Waals surface area (Å²) in [6, 6.07) is 19.0. The summed E-state index contributed by atoms with van der Waals surface area (Å²) in [4.78, 5) is 29.1. The minimum absolute atomic E-state index is 0.0166. The first kappa shape index (κ1) is 16.4. The Morgan fingerprint density at radius 2 is 1.62 bits per heavy atom. The molecule has 0 aromatic heterocycles. The molecular weight excluding hydrogens is 326 g/mol. The lowest BCUT2D eigenvalue weighted by molar-refractivity contribution is -0.127. The molecule has 2 aromatic carbocycles. The van der Waals surface area contributed by atoms with Gasteiger partial charge in [0.15, 0.2) is 0 Å². The monoisotopic (exact) mass is 347 g/mol. The zero-order valence-electron chi connectivity index (χ0n) is 14.8. The van der Waals surface area contributed by atoms with Crippen LogP contribution in [0.2, 0.25) is 0 Å².